The first-order valence-corrected chi connectivity index (χ1v) is 5.36. The molecule has 94 valence electrons. The molecule has 16 heavy (non-hydrogen) atoms. The van der Waals surface area contributed by atoms with Crippen LogP contribution in [0.15, 0.2) is 0 Å². The van der Waals surface area contributed by atoms with Gasteiger partial charge in [0, 0.05) is 13.0 Å². The molecule has 0 aromatic heterocycles. The van der Waals surface area contributed by atoms with E-state index >= 15 is 0 Å². The van der Waals surface area contributed by atoms with Gasteiger partial charge in [-0.3, -0.25) is 9.59 Å². The van der Waals surface area contributed by atoms with Crippen molar-refractivity contribution in [2.75, 3.05) is 20.3 Å². The zero-order valence-corrected chi connectivity index (χ0v) is 10.3. The quantitative estimate of drug-likeness (QED) is 0.529. The van der Waals surface area contributed by atoms with E-state index < -0.39 is 23.3 Å². The smallest absolute Gasteiger partial charge is 0.323 e. The lowest BCUT2D eigenvalue weighted by Crippen LogP contribution is -2.47. The molecular formula is C11H20O5. The van der Waals surface area contributed by atoms with E-state index in [0.717, 1.165) is 0 Å². The number of rotatable bonds is 7. The van der Waals surface area contributed by atoms with Crippen molar-refractivity contribution < 1.29 is 24.2 Å². The first kappa shape index (κ1) is 14.9. The highest BCUT2D eigenvalue weighted by molar-refractivity contribution is 5.99. The van der Waals surface area contributed by atoms with E-state index in [4.69, 9.17) is 9.47 Å². The maximum absolute atomic E-state index is 11.8. The first-order valence-electron chi connectivity index (χ1n) is 5.36. The summed E-state index contributed by atoms with van der Waals surface area (Å²) in [6.07, 6.45) is 0.186. The summed E-state index contributed by atoms with van der Waals surface area (Å²) in [6, 6.07) is 0. The van der Waals surface area contributed by atoms with Gasteiger partial charge >= 0.3 is 11.9 Å². The maximum Gasteiger partial charge on any atom is 0.323 e. The van der Waals surface area contributed by atoms with E-state index in [9.17, 15) is 14.7 Å². The van der Waals surface area contributed by atoms with Crippen LogP contribution in [0.1, 0.15) is 27.2 Å². The molecule has 1 N–H and O–H groups in total. The van der Waals surface area contributed by atoms with Crippen molar-refractivity contribution in [3.63, 3.8) is 0 Å². The van der Waals surface area contributed by atoms with Crippen molar-refractivity contribution in [2.45, 2.75) is 27.2 Å². The molecular weight excluding hydrogens is 212 g/mol. The fourth-order valence-corrected chi connectivity index (χ4v) is 1.80. The first-order chi connectivity index (χ1) is 7.47. The second kappa shape index (κ2) is 6.48. The molecule has 0 fully saturated rings. The Morgan fingerprint density at radius 2 is 1.94 bits per heavy atom. The highest BCUT2D eigenvalue weighted by Crippen LogP contribution is 2.34. The molecule has 5 nitrogen and oxygen atoms in total. The van der Waals surface area contributed by atoms with Gasteiger partial charge in [-0.25, -0.2) is 0 Å². The van der Waals surface area contributed by atoms with Crippen molar-refractivity contribution in [3.8, 4) is 0 Å². The Morgan fingerprint density at radius 3 is 2.25 bits per heavy atom. The van der Waals surface area contributed by atoms with Crippen molar-refractivity contribution >= 4 is 11.9 Å². The standard InChI is InChI=1S/C11H20O5/c1-5-11(9(12)13,8(3)7-15-4)10(14)16-6-2/h8H,5-7H2,1-4H3,(H,12,13). The Morgan fingerprint density at radius 1 is 1.38 bits per heavy atom. The number of carbonyl (C=O) groups excluding carboxylic acids is 1. The van der Waals surface area contributed by atoms with Crippen LogP contribution in [-0.4, -0.2) is 37.4 Å². The number of carboxylic acid groups (broad SMARTS) is 1. The number of carboxylic acids is 1. The molecule has 0 amide bonds. The zero-order valence-electron chi connectivity index (χ0n) is 10.3. The van der Waals surface area contributed by atoms with E-state index in [0.29, 0.717) is 0 Å². The fraction of sp³-hybridized carbons (Fsp3) is 0.818. The highest BCUT2D eigenvalue weighted by atomic mass is 16.5. The molecule has 0 bridgehead atoms. The third-order valence-corrected chi connectivity index (χ3v) is 2.84. The Hall–Kier alpha value is -1.10. The van der Waals surface area contributed by atoms with E-state index in [1.165, 1.54) is 7.11 Å². The SMILES string of the molecule is CCOC(=O)C(CC)(C(=O)O)C(C)COC. The number of methoxy groups -OCH3 is 1. The molecule has 0 aliphatic carbocycles. The molecule has 0 aliphatic rings. The highest BCUT2D eigenvalue weighted by Gasteiger charge is 2.50. The van der Waals surface area contributed by atoms with Crippen LogP contribution in [0.25, 0.3) is 0 Å². The summed E-state index contributed by atoms with van der Waals surface area (Å²) in [4.78, 5) is 23.1. The van der Waals surface area contributed by atoms with Gasteiger partial charge in [-0.15, -0.1) is 0 Å². The van der Waals surface area contributed by atoms with Gasteiger partial charge in [-0.05, 0) is 13.3 Å². The lowest BCUT2D eigenvalue weighted by atomic mass is 9.74. The lowest BCUT2D eigenvalue weighted by molar-refractivity contribution is -0.174. The van der Waals surface area contributed by atoms with Crippen molar-refractivity contribution in [2.24, 2.45) is 11.3 Å². The summed E-state index contributed by atoms with van der Waals surface area (Å²) in [7, 11) is 1.48. The number of carbonyl (C=O) groups is 2. The van der Waals surface area contributed by atoms with Crippen LogP contribution in [0.2, 0.25) is 0 Å². The number of esters is 1. The molecule has 0 aromatic carbocycles. The van der Waals surface area contributed by atoms with Gasteiger partial charge in [0.1, 0.15) is 0 Å². The largest absolute Gasteiger partial charge is 0.480 e. The van der Waals surface area contributed by atoms with E-state index in [1.54, 1.807) is 20.8 Å². The predicted octanol–water partition coefficient (Wildman–Crippen LogP) is 1.31. The number of aliphatic carboxylic acids is 1. The average Bonchev–Trinajstić information content (AvgIpc) is 2.19. The summed E-state index contributed by atoms with van der Waals surface area (Å²) in [5, 5.41) is 9.26. The van der Waals surface area contributed by atoms with Crippen LogP contribution in [-0.2, 0) is 19.1 Å². The van der Waals surface area contributed by atoms with Crippen LogP contribution in [0, 0.1) is 11.3 Å². The molecule has 2 unspecified atom stereocenters. The van der Waals surface area contributed by atoms with E-state index in [-0.39, 0.29) is 19.6 Å². The van der Waals surface area contributed by atoms with Crippen LogP contribution >= 0.6 is 0 Å². The fourth-order valence-electron chi connectivity index (χ4n) is 1.80. The van der Waals surface area contributed by atoms with Crippen LogP contribution in [0.5, 0.6) is 0 Å². The van der Waals surface area contributed by atoms with Crippen molar-refractivity contribution in [1.29, 1.82) is 0 Å². The van der Waals surface area contributed by atoms with E-state index in [2.05, 4.69) is 0 Å². The summed E-state index contributed by atoms with van der Waals surface area (Å²) in [5.74, 6) is -2.27. The summed E-state index contributed by atoms with van der Waals surface area (Å²) in [5.41, 5.74) is -1.51. The molecule has 0 heterocycles. The van der Waals surface area contributed by atoms with Crippen LogP contribution < -0.4 is 0 Å². The molecule has 0 saturated heterocycles. The summed E-state index contributed by atoms with van der Waals surface area (Å²) >= 11 is 0. The second-order valence-electron chi connectivity index (χ2n) is 3.71. The average molecular weight is 232 g/mol. The Kier molecular flexibility index (Phi) is 6.03. The third kappa shape index (κ3) is 2.72. The summed E-state index contributed by atoms with van der Waals surface area (Å²) in [6.45, 7) is 5.38. The van der Waals surface area contributed by atoms with Crippen molar-refractivity contribution in [3.05, 3.63) is 0 Å². The van der Waals surface area contributed by atoms with Crippen LogP contribution in [0.3, 0.4) is 0 Å². The monoisotopic (exact) mass is 232 g/mol. The Bertz CT molecular complexity index is 251. The molecule has 0 aromatic rings. The second-order valence-corrected chi connectivity index (χ2v) is 3.71. The number of hydrogen-bond donors (Lipinski definition) is 1. The van der Waals surface area contributed by atoms with Crippen LogP contribution in [0.4, 0.5) is 0 Å². The van der Waals surface area contributed by atoms with E-state index in [1.807, 2.05) is 0 Å². The van der Waals surface area contributed by atoms with Gasteiger partial charge in [-0.2, -0.15) is 0 Å². The van der Waals surface area contributed by atoms with Gasteiger partial charge in [-0.1, -0.05) is 13.8 Å². The normalized spacial score (nSPS) is 16.2. The minimum atomic E-state index is -1.51. The molecule has 0 aliphatic heterocycles. The topological polar surface area (TPSA) is 72.8 Å². The predicted molar refractivity (Wildman–Crippen MR) is 58.0 cm³/mol. The van der Waals surface area contributed by atoms with Gasteiger partial charge < -0.3 is 14.6 Å². The molecule has 2 atom stereocenters. The van der Waals surface area contributed by atoms with Gasteiger partial charge in [0.2, 0.25) is 0 Å². The lowest BCUT2D eigenvalue weighted by Gasteiger charge is -2.31. The van der Waals surface area contributed by atoms with Gasteiger partial charge in [0.25, 0.3) is 0 Å². The zero-order chi connectivity index (χ0) is 12.8. The molecule has 0 radical (unpaired) electrons. The molecule has 0 spiro atoms. The van der Waals surface area contributed by atoms with Gasteiger partial charge in [0.05, 0.1) is 13.2 Å². The maximum atomic E-state index is 11.8. The Balaban J connectivity index is 5.14. The van der Waals surface area contributed by atoms with Crippen molar-refractivity contribution in [1.82, 2.24) is 0 Å². The number of hydrogen-bond acceptors (Lipinski definition) is 4. The molecule has 5 heteroatoms. The molecule has 0 saturated carbocycles. The minimum Gasteiger partial charge on any atom is -0.480 e. The molecule has 0 rings (SSSR count). The third-order valence-electron chi connectivity index (χ3n) is 2.84. The summed E-state index contributed by atoms with van der Waals surface area (Å²) < 4.78 is 9.77. The van der Waals surface area contributed by atoms with Gasteiger partial charge in [0.15, 0.2) is 5.41 Å². The Labute approximate surface area is 95.7 Å². The number of ether oxygens (including phenoxy) is 2. The minimum absolute atomic E-state index is 0.174.